The number of nitrogens with zero attached hydrogens (tertiary/aromatic N) is 1. The number of aromatic nitrogens is 2. The summed E-state index contributed by atoms with van der Waals surface area (Å²) in [5.74, 6) is 1.59. The molecule has 0 aliphatic carbocycles. The number of ether oxygens (including phenoxy) is 1. The van der Waals surface area contributed by atoms with Gasteiger partial charge < -0.3 is 9.72 Å². The predicted molar refractivity (Wildman–Crippen MR) is 123 cm³/mol. The van der Waals surface area contributed by atoms with Gasteiger partial charge in [-0.2, -0.15) is 0 Å². The molecule has 0 saturated heterocycles. The molecule has 0 atom stereocenters. The van der Waals surface area contributed by atoms with Gasteiger partial charge in [-0.15, -0.1) is 0 Å². The summed E-state index contributed by atoms with van der Waals surface area (Å²) in [6.45, 7) is 0. The molecule has 6 rings (SSSR count). The van der Waals surface area contributed by atoms with Crippen LogP contribution in [0.3, 0.4) is 0 Å². The van der Waals surface area contributed by atoms with Crippen molar-refractivity contribution in [2.24, 2.45) is 0 Å². The molecular weight excluding hydrogens is 368 g/mol. The third kappa shape index (κ3) is 2.88. The fraction of sp³-hybridized carbons (Fsp3) is 0. The molecule has 142 valence electrons. The van der Waals surface area contributed by atoms with Gasteiger partial charge in [-0.05, 0) is 42.5 Å². The zero-order valence-corrected chi connectivity index (χ0v) is 16.2. The van der Waals surface area contributed by atoms with Gasteiger partial charge in [-0.3, -0.25) is 0 Å². The van der Waals surface area contributed by atoms with E-state index in [2.05, 4.69) is 59.6 Å². The highest BCUT2D eigenvalue weighted by atomic mass is 16.5. The number of hydrogen-bond donors (Lipinski definition) is 1. The maximum absolute atomic E-state index is 6.18. The summed E-state index contributed by atoms with van der Waals surface area (Å²) in [6, 6.07) is 34.9. The average molecular weight is 386 g/mol. The van der Waals surface area contributed by atoms with E-state index in [0.717, 1.165) is 44.7 Å². The van der Waals surface area contributed by atoms with Crippen LogP contribution in [0.15, 0.2) is 103 Å². The van der Waals surface area contributed by atoms with Gasteiger partial charge in [0.25, 0.3) is 0 Å². The Morgan fingerprint density at radius 3 is 2.43 bits per heavy atom. The highest BCUT2D eigenvalue weighted by Crippen LogP contribution is 2.32. The minimum atomic E-state index is 0.790. The van der Waals surface area contributed by atoms with Crippen LogP contribution >= 0.6 is 0 Å². The van der Waals surface area contributed by atoms with Gasteiger partial charge in [0, 0.05) is 33.3 Å². The van der Waals surface area contributed by atoms with Crippen molar-refractivity contribution in [1.29, 1.82) is 0 Å². The third-order valence-corrected chi connectivity index (χ3v) is 5.44. The first kappa shape index (κ1) is 16.8. The Bertz CT molecular complexity index is 1530. The summed E-state index contributed by atoms with van der Waals surface area (Å²) < 4.78 is 6.18. The lowest BCUT2D eigenvalue weighted by Crippen LogP contribution is -1.88. The van der Waals surface area contributed by atoms with Crippen LogP contribution in [0.1, 0.15) is 0 Å². The largest absolute Gasteiger partial charge is 0.457 e. The second-order valence-corrected chi connectivity index (χ2v) is 7.40. The summed E-state index contributed by atoms with van der Waals surface area (Å²) in [7, 11) is 0. The van der Waals surface area contributed by atoms with Crippen molar-refractivity contribution in [2.45, 2.75) is 0 Å². The molecule has 0 amide bonds. The van der Waals surface area contributed by atoms with Crippen molar-refractivity contribution in [2.75, 3.05) is 0 Å². The zero-order chi connectivity index (χ0) is 19.9. The standard InChI is InChI=1S/C27H18N2O/c1-3-10-24-18(6-1)12-15-25(28-24)19-7-5-8-20(16-19)30-21-13-14-23-22-9-2-4-11-26(22)29-27(23)17-21/h1-17,29H. The lowest BCUT2D eigenvalue weighted by molar-refractivity contribution is 0.483. The molecule has 0 fully saturated rings. The van der Waals surface area contributed by atoms with Crippen molar-refractivity contribution in [3.63, 3.8) is 0 Å². The topological polar surface area (TPSA) is 37.9 Å². The number of rotatable bonds is 3. The average Bonchev–Trinajstić information content (AvgIpc) is 3.17. The van der Waals surface area contributed by atoms with Crippen LogP contribution in [0.5, 0.6) is 11.5 Å². The second-order valence-electron chi connectivity index (χ2n) is 7.40. The zero-order valence-electron chi connectivity index (χ0n) is 16.2. The van der Waals surface area contributed by atoms with Gasteiger partial charge in [0.15, 0.2) is 0 Å². The maximum Gasteiger partial charge on any atom is 0.129 e. The van der Waals surface area contributed by atoms with E-state index in [0.29, 0.717) is 0 Å². The van der Waals surface area contributed by atoms with Gasteiger partial charge >= 0.3 is 0 Å². The van der Waals surface area contributed by atoms with Crippen LogP contribution in [0.4, 0.5) is 0 Å². The Labute approximate surface area is 173 Å². The number of hydrogen-bond acceptors (Lipinski definition) is 2. The van der Waals surface area contributed by atoms with Crippen LogP contribution in [0, 0.1) is 0 Å². The number of benzene rings is 4. The van der Waals surface area contributed by atoms with Crippen LogP contribution < -0.4 is 4.74 Å². The van der Waals surface area contributed by atoms with E-state index in [1.165, 1.54) is 10.8 Å². The van der Waals surface area contributed by atoms with Gasteiger partial charge in [-0.25, -0.2) is 4.98 Å². The maximum atomic E-state index is 6.18. The highest BCUT2D eigenvalue weighted by Gasteiger charge is 2.07. The third-order valence-electron chi connectivity index (χ3n) is 5.44. The van der Waals surface area contributed by atoms with Gasteiger partial charge in [0.05, 0.1) is 16.7 Å². The van der Waals surface area contributed by atoms with E-state index in [1.807, 2.05) is 48.5 Å². The van der Waals surface area contributed by atoms with E-state index < -0.39 is 0 Å². The highest BCUT2D eigenvalue weighted by molar-refractivity contribution is 6.07. The molecule has 30 heavy (non-hydrogen) atoms. The molecule has 0 radical (unpaired) electrons. The monoisotopic (exact) mass is 386 g/mol. The number of H-pyrrole nitrogens is 1. The molecule has 4 aromatic carbocycles. The SMILES string of the molecule is c1cc(Oc2ccc3c(c2)[nH]c2ccccc23)cc(-c2ccc3ccccc3n2)c1. The number of para-hydroxylation sites is 2. The molecule has 0 spiro atoms. The summed E-state index contributed by atoms with van der Waals surface area (Å²) in [5.41, 5.74) is 5.16. The van der Waals surface area contributed by atoms with E-state index in [1.54, 1.807) is 0 Å². The van der Waals surface area contributed by atoms with E-state index in [-0.39, 0.29) is 0 Å². The van der Waals surface area contributed by atoms with Crippen molar-refractivity contribution in [3.8, 4) is 22.8 Å². The van der Waals surface area contributed by atoms with Crippen LogP contribution in [0.2, 0.25) is 0 Å². The minimum absolute atomic E-state index is 0.790. The fourth-order valence-corrected chi connectivity index (χ4v) is 3.98. The number of aromatic amines is 1. The lowest BCUT2D eigenvalue weighted by Gasteiger charge is -2.08. The Morgan fingerprint density at radius 1 is 0.600 bits per heavy atom. The minimum Gasteiger partial charge on any atom is -0.457 e. The Morgan fingerprint density at radius 2 is 1.43 bits per heavy atom. The molecule has 1 N–H and O–H groups in total. The summed E-state index contributed by atoms with van der Waals surface area (Å²) in [4.78, 5) is 8.27. The predicted octanol–water partition coefficient (Wildman–Crippen LogP) is 7.33. The molecule has 3 heteroatoms. The second kappa shape index (κ2) is 6.75. The van der Waals surface area contributed by atoms with E-state index >= 15 is 0 Å². The number of pyridine rings is 1. The molecule has 6 aromatic rings. The molecule has 0 aliphatic rings. The molecule has 3 nitrogen and oxygen atoms in total. The van der Waals surface area contributed by atoms with Gasteiger partial charge in [-0.1, -0.05) is 54.6 Å². The molecule has 2 aromatic heterocycles. The van der Waals surface area contributed by atoms with Crippen LogP contribution in [0.25, 0.3) is 44.0 Å². The first-order valence-corrected chi connectivity index (χ1v) is 9.98. The van der Waals surface area contributed by atoms with Crippen molar-refractivity contribution in [1.82, 2.24) is 9.97 Å². The van der Waals surface area contributed by atoms with Crippen LogP contribution in [-0.2, 0) is 0 Å². The quantitative estimate of drug-likeness (QED) is 0.346. The molecule has 0 bridgehead atoms. The van der Waals surface area contributed by atoms with Crippen LogP contribution in [-0.4, -0.2) is 9.97 Å². The Kier molecular flexibility index (Phi) is 3.78. The van der Waals surface area contributed by atoms with E-state index in [4.69, 9.17) is 9.72 Å². The van der Waals surface area contributed by atoms with Gasteiger partial charge in [0.1, 0.15) is 11.5 Å². The fourth-order valence-electron chi connectivity index (χ4n) is 3.98. The molecule has 0 unspecified atom stereocenters. The first-order chi connectivity index (χ1) is 14.8. The molecular formula is C27H18N2O. The summed E-state index contributed by atoms with van der Waals surface area (Å²) in [5, 5.41) is 3.57. The van der Waals surface area contributed by atoms with Gasteiger partial charge in [0.2, 0.25) is 0 Å². The first-order valence-electron chi connectivity index (χ1n) is 9.98. The normalized spacial score (nSPS) is 11.3. The Balaban J connectivity index is 1.35. The lowest BCUT2D eigenvalue weighted by atomic mass is 10.1. The summed E-state index contributed by atoms with van der Waals surface area (Å²) >= 11 is 0. The molecule has 2 heterocycles. The van der Waals surface area contributed by atoms with Crippen molar-refractivity contribution in [3.05, 3.63) is 103 Å². The Hall–Kier alpha value is -4.11. The summed E-state index contributed by atoms with van der Waals surface area (Å²) in [6.07, 6.45) is 0. The smallest absolute Gasteiger partial charge is 0.129 e. The number of fused-ring (bicyclic) bond motifs is 4. The van der Waals surface area contributed by atoms with Crippen molar-refractivity contribution >= 4 is 32.7 Å². The van der Waals surface area contributed by atoms with Crippen molar-refractivity contribution < 1.29 is 4.74 Å². The van der Waals surface area contributed by atoms with E-state index in [9.17, 15) is 0 Å². The molecule has 0 saturated carbocycles. The number of nitrogens with one attached hydrogen (secondary N) is 1. The molecule has 0 aliphatic heterocycles.